The Kier molecular flexibility index (Phi) is 5.89. The number of halogens is 1. The van der Waals surface area contributed by atoms with E-state index in [-0.39, 0.29) is 6.04 Å². The number of alkyl carbamates (subject to hydrolysis) is 1. The van der Waals surface area contributed by atoms with Crippen LogP contribution in [0.2, 0.25) is 5.02 Å². The molecule has 6 heteroatoms. The van der Waals surface area contributed by atoms with Gasteiger partial charge in [0, 0.05) is 36.3 Å². The summed E-state index contributed by atoms with van der Waals surface area (Å²) in [5.74, 6) is 0. The Balaban J connectivity index is 1.81. The molecule has 1 aliphatic rings. The molecule has 1 aliphatic heterocycles. The first-order valence-corrected chi connectivity index (χ1v) is 8.27. The van der Waals surface area contributed by atoms with Gasteiger partial charge in [-0.3, -0.25) is 4.90 Å². The summed E-state index contributed by atoms with van der Waals surface area (Å²) in [6.45, 7) is 7.54. The number of aliphatic hydroxyl groups excluding tert-OH is 1. The average molecular weight is 341 g/mol. The number of β-amino-alcohol motifs (C(OH)–C–C–N with tert-alkyl or cyclic N) is 1. The zero-order chi connectivity index (χ0) is 17.0. The van der Waals surface area contributed by atoms with Crippen LogP contribution < -0.4 is 5.32 Å². The molecule has 0 radical (unpaired) electrons. The Morgan fingerprint density at radius 3 is 2.83 bits per heavy atom. The van der Waals surface area contributed by atoms with Gasteiger partial charge in [-0.2, -0.15) is 0 Å². The molecule has 128 valence electrons. The van der Waals surface area contributed by atoms with Crippen molar-refractivity contribution >= 4 is 17.7 Å². The van der Waals surface area contributed by atoms with E-state index in [1.165, 1.54) is 0 Å². The molecule has 2 rings (SSSR count). The molecule has 0 bridgehead atoms. The van der Waals surface area contributed by atoms with Gasteiger partial charge in [0.2, 0.25) is 0 Å². The SMILES string of the molecule is CC(C)(C)OC(=O)N[C@@H]1CCN(CC(O)c2ccccc2Cl)C1. The summed E-state index contributed by atoms with van der Waals surface area (Å²) in [4.78, 5) is 13.9. The number of hydrogen-bond acceptors (Lipinski definition) is 4. The molecule has 1 fully saturated rings. The van der Waals surface area contributed by atoms with Crippen LogP contribution in [0.4, 0.5) is 4.79 Å². The van der Waals surface area contributed by atoms with Crippen LogP contribution in [0.3, 0.4) is 0 Å². The Morgan fingerprint density at radius 2 is 2.17 bits per heavy atom. The first-order chi connectivity index (χ1) is 10.7. The lowest BCUT2D eigenvalue weighted by Gasteiger charge is -2.23. The zero-order valence-corrected chi connectivity index (χ0v) is 14.6. The summed E-state index contributed by atoms with van der Waals surface area (Å²) in [7, 11) is 0. The minimum absolute atomic E-state index is 0.0447. The Labute approximate surface area is 142 Å². The van der Waals surface area contributed by atoms with Crippen LogP contribution in [0.15, 0.2) is 24.3 Å². The zero-order valence-electron chi connectivity index (χ0n) is 13.9. The Morgan fingerprint density at radius 1 is 1.48 bits per heavy atom. The number of benzene rings is 1. The van der Waals surface area contributed by atoms with Crippen molar-refractivity contribution in [3.05, 3.63) is 34.9 Å². The standard InChI is InChI=1S/C17H25ClN2O3/c1-17(2,3)23-16(22)19-12-8-9-20(10-12)11-15(21)13-6-4-5-7-14(13)18/h4-7,12,15,21H,8-11H2,1-3H3,(H,19,22)/t12-,15?/m1/s1. The van der Waals surface area contributed by atoms with Crippen LogP contribution in [-0.4, -0.2) is 47.4 Å². The average Bonchev–Trinajstić information content (AvgIpc) is 2.83. The summed E-state index contributed by atoms with van der Waals surface area (Å²) >= 11 is 6.11. The van der Waals surface area contributed by atoms with Crippen molar-refractivity contribution in [3.63, 3.8) is 0 Å². The van der Waals surface area contributed by atoms with Crippen molar-refractivity contribution in [2.75, 3.05) is 19.6 Å². The van der Waals surface area contributed by atoms with Crippen molar-refractivity contribution in [3.8, 4) is 0 Å². The summed E-state index contributed by atoms with van der Waals surface area (Å²) in [6, 6.07) is 7.36. The van der Waals surface area contributed by atoms with Crippen LogP contribution in [0, 0.1) is 0 Å². The number of likely N-dealkylation sites (tertiary alicyclic amines) is 1. The van der Waals surface area contributed by atoms with E-state index in [1.807, 2.05) is 39.0 Å². The lowest BCUT2D eigenvalue weighted by Crippen LogP contribution is -2.40. The Hall–Kier alpha value is -1.30. The second-order valence-electron chi connectivity index (χ2n) is 6.93. The van der Waals surface area contributed by atoms with E-state index in [1.54, 1.807) is 6.07 Å². The highest BCUT2D eigenvalue weighted by atomic mass is 35.5. The number of hydrogen-bond donors (Lipinski definition) is 2. The van der Waals surface area contributed by atoms with Gasteiger partial charge in [0.15, 0.2) is 0 Å². The fraction of sp³-hybridized carbons (Fsp3) is 0.588. The maximum Gasteiger partial charge on any atom is 0.407 e. The van der Waals surface area contributed by atoms with Crippen molar-refractivity contribution in [2.24, 2.45) is 0 Å². The molecule has 2 N–H and O–H groups in total. The van der Waals surface area contributed by atoms with Crippen LogP contribution >= 0.6 is 11.6 Å². The maximum absolute atomic E-state index is 11.8. The number of rotatable bonds is 4. The van der Waals surface area contributed by atoms with E-state index >= 15 is 0 Å². The van der Waals surface area contributed by atoms with Gasteiger partial charge in [-0.1, -0.05) is 29.8 Å². The van der Waals surface area contributed by atoms with Crippen molar-refractivity contribution < 1.29 is 14.6 Å². The molecule has 1 aromatic carbocycles. The molecule has 5 nitrogen and oxygen atoms in total. The van der Waals surface area contributed by atoms with Gasteiger partial charge >= 0.3 is 6.09 Å². The summed E-state index contributed by atoms with van der Waals surface area (Å²) in [6.07, 6.45) is -0.186. The van der Waals surface area contributed by atoms with Gasteiger partial charge in [0.25, 0.3) is 0 Å². The van der Waals surface area contributed by atoms with E-state index in [4.69, 9.17) is 16.3 Å². The summed E-state index contributed by atoms with van der Waals surface area (Å²) in [5.41, 5.74) is 0.237. The highest BCUT2D eigenvalue weighted by Crippen LogP contribution is 2.24. The monoisotopic (exact) mass is 340 g/mol. The summed E-state index contributed by atoms with van der Waals surface area (Å²) < 4.78 is 5.27. The lowest BCUT2D eigenvalue weighted by molar-refractivity contribution is 0.0504. The third-order valence-electron chi connectivity index (χ3n) is 3.69. The van der Waals surface area contributed by atoms with E-state index < -0.39 is 17.8 Å². The second kappa shape index (κ2) is 7.51. The molecule has 1 saturated heterocycles. The molecule has 0 spiro atoms. The largest absolute Gasteiger partial charge is 0.444 e. The molecule has 2 atom stereocenters. The number of aliphatic hydroxyl groups is 1. The van der Waals surface area contributed by atoms with E-state index in [9.17, 15) is 9.90 Å². The smallest absolute Gasteiger partial charge is 0.407 e. The predicted octanol–water partition coefficient (Wildman–Crippen LogP) is 2.97. The molecule has 1 unspecified atom stereocenters. The van der Waals surface area contributed by atoms with Gasteiger partial charge in [-0.25, -0.2) is 4.79 Å². The van der Waals surface area contributed by atoms with E-state index in [2.05, 4.69) is 10.2 Å². The highest BCUT2D eigenvalue weighted by molar-refractivity contribution is 6.31. The first-order valence-electron chi connectivity index (χ1n) is 7.89. The molecule has 23 heavy (non-hydrogen) atoms. The molecular weight excluding hydrogens is 316 g/mol. The number of carbonyl (C=O) groups excluding carboxylic acids is 1. The molecule has 0 aromatic heterocycles. The fourth-order valence-electron chi connectivity index (χ4n) is 2.68. The molecular formula is C17H25ClN2O3. The second-order valence-corrected chi connectivity index (χ2v) is 7.34. The molecule has 1 heterocycles. The van der Waals surface area contributed by atoms with Gasteiger partial charge in [-0.05, 0) is 33.3 Å². The normalized spacial score (nSPS) is 20.3. The van der Waals surface area contributed by atoms with Gasteiger partial charge in [0.05, 0.1) is 6.10 Å². The number of carbonyl (C=O) groups is 1. The molecule has 0 aliphatic carbocycles. The highest BCUT2D eigenvalue weighted by Gasteiger charge is 2.27. The topological polar surface area (TPSA) is 61.8 Å². The molecule has 0 saturated carbocycles. The number of nitrogens with zero attached hydrogens (tertiary/aromatic N) is 1. The number of amides is 1. The van der Waals surface area contributed by atoms with E-state index in [0.29, 0.717) is 18.1 Å². The number of nitrogens with one attached hydrogen (secondary N) is 1. The third-order valence-corrected chi connectivity index (χ3v) is 4.03. The van der Waals surface area contributed by atoms with Gasteiger partial charge in [-0.15, -0.1) is 0 Å². The van der Waals surface area contributed by atoms with Crippen molar-refractivity contribution in [1.29, 1.82) is 0 Å². The molecule has 1 amide bonds. The van der Waals surface area contributed by atoms with Crippen LogP contribution in [-0.2, 0) is 4.74 Å². The number of ether oxygens (including phenoxy) is 1. The Bertz CT molecular complexity index is 545. The van der Waals surface area contributed by atoms with Gasteiger partial charge in [0.1, 0.15) is 5.60 Å². The third kappa shape index (κ3) is 5.68. The first kappa shape index (κ1) is 18.0. The van der Waals surface area contributed by atoms with Crippen molar-refractivity contribution in [2.45, 2.75) is 44.9 Å². The summed E-state index contributed by atoms with van der Waals surface area (Å²) in [5, 5.41) is 13.8. The minimum atomic E-state index is -0.635. The van der Waals surface area contributed by atoms with Crippen LogP contribution in [0.25, 0.3) is 0 Å². The predicted molar refractivity (Wildman–Crippen MR) is 90.6 cm³/mol. The minimum Gasteiger partial charge on any atom is -0.444 e. The van der Waals surface area contributed by atoms with E-state index in [0.717, 1.165) is 18.5 Å². The van der Waals surface area contributed by atoms with Crippen LogP contribution in [0.1, 0.15) is 38.9 Å². The fourth-order valence-corrected chi connectivity index (χ4v) is 2.94. The maximum atomic E-state index is 11.8. The lowest BCUT2D eigenvalue weighted by atomic mass is 10.1. The quantitative estimate of drug-likeness (QED) is 0.884. The van der Waals surface area contributed by atoms with Gasteiger partial charge < -0.3 is 15.2 Å². The van der Waals surface area contributed by atoms with Crippen molar-refractivity contribution in [1.82, 2.24) is 10.2 Å². The molecule has 1 aromatic rings. The van der Waals surface area contributed by atoms with Crippen LogP contribution in [0.5, 0.6) is 0 Å².